The van der Waals surface area contributed by atoms with E-state index in [1.165, 1.54) is 4.31 Å². The lowest BCUT2D eigenvalue weighted by atomic mass is 10.0. The van der Waals surface area contributed by atoms with Gasteiger partial charge in [-0.3, -0.25) is 9.59 Å². The molecule has 2 aliphatic heterocycles. The molecule has 2 heterocycles. The zero-order chi connectivity index (χ0) is 69.7. The summed E-state index contributed by atoms with van der Waals surface area (Å²) in [6, 6.07) is 29.5. The third-order valence-electron chi connectivity index (χ3n) is 14.7. The molecule has 24 nitrogen and oxygen atoms in total. The van der Waals surface area contributed by atoms with Gasteiger partial charge in [0.2, 0.25) is 27.4 Å². The molecule has 0 spiro atoms. The number of hydrogen-bond acceptors (Lipinski definition) is 20. The molecule has 0 aromatic heterocycles. The van der Waals surface area contributed by atoms with Crippen LogP contribution in [-0.2, 0) is 80.1 Å². The van der Waals surface area contributed by atoms with Crippen LogP contribution >= 0.6 is 0 Å². The number of anilines is 1. The molecule has 0 atom stereocenters. The van der Waals surface area contributed by atoms with E-state index >= 15 is 0 Å². The van der Waals surface area contributed by atoms with E-state index in [4.69, 9.17) is 58.1 Å². The minimum Gasteiger partial charge on any atom is -0.420 e. The Balaban J connectivity index is 0.688. The molecular formula is C69H86F4N8O16S. The first-order chi connectivity index (χ1) is 47.6. The number of carbonyl (C=O) groups excluding carboxylic acids is 2. The summed E-state index contributed by atoms with van der Waals surface area (Å²) in [5.74, 6) is -8.99. The minimum atomic E-state index is -3.72. The Morgan fingerprint density at radius 3 is 1.77 bits per heavy atom. The molecule has 0 unspecified atom stereocenters. The van der Waals surface area contributed by atoms with Crippen LogP contribution in [0.15, 0.2) is 118 Å². The van der Waals surface area contributed by atoms with Crippen molar-refractivity contribution in [2.45, 2.75) is 44.2 Å². The van der Waals surface area contributed by atoms with Gasteiger partial charge in [0.05, 0.1) is 167 Å². The second kappa shape index (κ2) is 42.9. The number of rotatable bonds is 46. The number of nitriles is 1. The zero-order valence-corrected chi connectivity index (χ0v) is 55.7. The fourth-order valence-corrected chi connectivity index (χ4v) is 11.3. The lowest BCUT2D eigenvalue weighted by Gasteiger charge is -2.36. The number of benzene rings is 5. The van der Waals surface area contributed by atoms with Gasteiger partial charge in [0.15, 0.2) is 17.6 Å². The number of nitrogens with two attached hydrogens (primary N) is 1. The van der Waals surface area contributed by atoms with Gasteiger partial charge < -0.3 is 78.5 Å². The van der Waals surface area contributed by atoms with Gasteiger partial charge in [-0.2, -0.15) is 18.3 Å². The van der Waals surface area contributed by atoms with Crippen molar-refractivity contribution < 1.29 is 92.8 Å². The number of sulfonamides is 1. The molecule has 0 bridgehead atoms. The topological polar surface area (TPSA) is 295 Å². The molecule has 2 aliphatic rings. The molecule has 5 aromatic carbocycles. The first kappa shape index (κ1) is 77.6. The van der Waals surface area contributed by atoms with Crippen LogP contribution < -0.4 is 21.1 Å². The average molecular weight is 1390 g/mol. The second-order valence-corrected chi connectivity index (χ2v) is 24.2. The Kier molecular flexibility index (Phi) is 33.9. The maximum atomic E-state index is 14.3. The molecule has 7 rings (SSSR count). The van der Waals surface area contributed by atoms with Crippen molar-refractivity contribution in [1.29, 1.82) is 5.26 Å². The van der Waals surface area contributed by atoms with Gasteiger partial charge in [0.1, 0.15) is 5.84 Å². The van der Waals surface area contributed by atoms with Crippen molar-refractivity contribution >= 4 is 51.1 Å². The highest BCUT2D eigenvalue weighted by Gasteiger charge is 2.36. The number of amides is 1. The summed E-state index contributed by atoms with van der Waals surface area (Å²) in [6.45, 7) is 10.7. The average Bonchev–Trinajstić information content (AvgIpc) is 0.854. The molecular weight excluding hydrogens is 1300 g/mol. The molecule has 1 fully saturated rings. The summed E-state index contributed by atoms with van der Waals surface area (Å²) in [5.41, 5.74) is 12.7. The normalized spacial score (nSPS) is 13.5. The Hall–Kier alpha value is -7.80. The number of ether oxygens (including phenoxy) is 11. The number of nitrogens with one attached hydrogen (secondary N) is 2. The van der Waals surface area contributed by atoms with E-state index in [1.807, 2.05) is 72.5 Å². The van der Waals surface area contributed by atoms with Gasteiger partial charge in [-0.25, -0.2) is 27.2 Å². The van der Waals surface area contributed by atoms with Crippen molar-refractivity contribution in [3.05, 3.63) is 148 Å². The maximum absolute atomic E-state index is 14.3. The van der Waals surface area contributed by atoms with E-state index in [1.54, 1.807) is 36.4 Å². The van der Waals surface area contributed by atoms with Crippen molar-refractivity contribution in [3.63, 3.8) is 0 Å². The Morgan fingerprint density at radius 2 is 1.21 bits per heavy atom. The molecule has 1 amide bonds. The first-order valence-electron chi connectivity index (χ1n) is 32.3. The number of hydrogen-bond donors (Lipinski definition) is 4. The maximum Gasteiger partial charge on any atom is 0.313 e. The van der Waals surface area contributed by atoms with Gasteiger partial charge >= 0.3 is 5.97 Å². The largest absolute Gasteiger partial charge is 0.420 e. The second-order valence-electron chi connectivity index (χ2n) is 22.2. The molecule has 98 heavy (non-hydrogen) atoms. The fraction of sp³-hybridized carbons (Fsp3) is 0.464. The summed E-state index contributed by atoms with van der Waals surface area (Å²) in [5, 5.41) is 25.5. The highest BCUT2D eigenvalue weighted by Crippen LogP contribution is 2.35. The zero-order valence-electron chi connectivity index (χ0n) is 54.9. The lowest BCUT2D eigenvalue weighted by molar-refractivity contribution is -0.136. The predicted molar refractivity (Wildman–Crippen MR) is 356 cm³/mol. The number of nitrogens with zero attached hydrogens (tertiary/aromatic N) is 5. The van der Waals surface area contributed by atoms with Crippen LogP contribution in [0.25, 0.3) is 17.2 Å². The van der Waals surface area contributed by atoms with Gasteiger partial charge in [-0.05, 0) is 71.1 Å². The molecule has 0 aliphatic carbocycles. The summed E-state index contributed by atoms with van der Waals surface area (Å²) < 4.78 is 141. The SMILES string of the molecule is CCCN(Cc1ccc(C/N=C(/NCCOCCOCCOCCOCCOCCOCCOCCOCCOCCOCCC(=O)Oc2c(F)c(F)cc(F)c2F)Nc2cccc(C#N)c2)cc1)C(=O)C1=Cc2ccc(-c3cccc(S(=O)(=O)N4CC(CO)C4)c3)cc2N=C(N)C1. The third-order valence-corrected chi connectivity index (χ3v) is 16.6. The number of aliphatic hydroxyl groups is 1. The quantitative estimate of drug-likeness (QED) is 0.00564. The van der Waals surface area contributed by atoms with Gasteiger partial charge in [-0.1, -0.05) is 61.5 Å². The number of aliphatic imine (C=N–C) groups is 2. The van der Waals surface area contributed by atoms with Gasteiger partial charge in [0.25, 0.3) is 5.91 Å². The summed E-state index contributed by atoms with van der Waals surface area (Å²) in [4.78, 5) is 37.6. The van der Waals surface area contributed by atoms with E-state index in [2.05, 4.69) is 26.4 Å². The van der Waals surface area contributed by atoms with E-state index in [0.29, 0.717) is 171 Å². The first-order valence-corrected chi connectivity index (χ1v) is 33.7. The molecule has 5 aromatic rings. The van der Waals surface area contributed by atoms with Crippen LogP contribution in [0.3, 0.4) is 0 Å². The van der Waals surface area contributed by atoms with Crippen molar-refractivity contribution in [1.82, 2.24) is 14.5 Å². The van der Waals surface area contributed by atoms with E-state index in [9.17, 15) is 45.9 Å². The van der Waals surface area contributed by atoms with E-state index < -0.39 is 51.4 Å². The predicted octanol–water partition coefficient (Wildman–Crippen LogP) is 7.33. The number of aliphatic hydroxyl groups excluding tert-OH is 1. The monoisotopic (exact) mass is 1390 g/mol. The number of esters is 1. The summed E-state index contributed by atoms with van der Waals surface area (Å²) >= 11 is 0. The number of carbonyl (C=O) groups is 2. The molecule has 0 radical (unpaired) electrons. The van der Waals surface area contributed by atoms with Crippen LogP contribution in [0.5, 0.6) is 5.75 Å². The minimum absolute atomic E-state index is 0.0129. The highest BCUT2D eigenvalue weighted by atomic mass is 32.2. The van der Waals surface area contributed by atoms with Crippen molar-refractivity contribution in [3.8, 4) is 22.9 Å². The van der Waals surface area contributed by atoms with Crippen LogP contribution in [0.2, 0.25) is 0 Å². The van der Waals surface area contributed by atoms with Crippen LogP contribution in [0.4, 0.5) is 28.9 Å². The number of guanidine groups is 1. The summed E-state index contributed by atoms with van der Waals surface area (Å²) in [7, 11) is -3.72. The van der Waals surface area contributed by atoms with Crippen LogP contribution in [0.1, 0.15) is 48.4 Å². The van der Waals surface area contributed by atoms with Crippen molar-refractivity contribution in [2.24, 2.45) is 21.6 Å². The highest BCUT2D eigenvalue weighted by molar-refractivity contribution is 7.89. The lowest BCUT2D eigenvalue weighted by Crippen LogP contribution is -2.51. The van der Waals surface area contributed by atoms with Gasteiger partial charge in [0, 0.05) is 74.6 Å². The van der Waals surface area contributed by atoms with Gasteiger partial charge in [-0.15, -0.1) is 0 Å². The molecule has 1 saturated heterocycles. The number of halogens is 4. The Labute approximate surface area is 568 Å². The molecule has 29 heteroatoms. The number of fused-ring (bicyclic) bond motifs is 1. The smallest absolute Gasteiger partial charge is 0.313 e. The Morgan fingerprint density at radius 1 is 0.684 bits per heavy atom. The standard InChI is InChI=1S/C69H86F4N8O16S/c1-2-17-80(68(84)57-39-56-14-13-55(41-62(56)79-63(75)42-57)54-6-4-8-59(40-54)98(85,86)81-47-53(48-81)49-82)46-51-11-9-50(10-12-51)45-77-69(78-58-7-3-5-52(38-58)44-74)76-16-19-88-21-23-90-25-27-92-29-31-94-33-35-96-37-36-95-34-32-93-30-28-91-26-24-89-22-20-87-18-15-64(83)97-67-65(72)60(70)43-61(71)66(67)73/h3-14,38-41,43,53,82H,2,15-37,42,45-49H2,1H3,(H2,75,79)(H2,76,77,78). The molecule has 532 valence electrons. The van der Waals surface area contributed by atoms with E-state index in [-0.39, 0.29) is 81.2 Å². The molecule has 0 saturated carbocycles. The number of amidine groups is 1. The van der Waals surface area contributed by atoms with Crippen LogP contribution in [-0.4, -0.2) is 211 Å². The Bertz CT molecular complexity index is 3540. The fourth-order valence-electron chi connectivity index (χ4n) is 9.62. The third kappa shape index (κ3) is 26.5. The summed E-state index contributed by atoms with van der Waals surface area (Å²) in [6.07, 6.45) is 2.31. The molecule has 5 N–H and O–H groups in total. The van der Waals surface area contributed by atoms with Crippen LogP contribution in [0, 0.1) is 40.5 Å². The van der Waals surface area contributed by atoms with E-state index in [0.717, 1.165) is 23.1 Å². The van der Waals surface area contributed by atoms with Crippen molar-refractivity contribution in [2.75, 3.05) is 170 Å².